The number of guanidine groups is 1. The molecule has 1 rings (SSSR count). The Hall–Kier alpha value is -4.03. The topological polar surface area (TPSA) is 311 Å². The summed E-state index contributed by atoms with van der Waals surface area (Å²) < 4.78 is 0. The van der Waals surface area contributed by atoms with Gasteiger partial charge in [-0.05, 0) is 69.7 Å². The van der Waals surface area contributed by atoms with Gasteiger partial charge >= 0.3 is 5.97 Å². The van der Waals surface area contributed by atoms with E-state index in [0.29, 0.717) is 45.1 Å². The minimum Gasteiger partial charge on any atom is -0.480 e. The summed E-state index contributed by atoms with van der Waals surface area (Å²) in [7, 11) is 0. The molecule has 286 valence electrons. The maximum absolute atomic E-state index is 14.0. The van der Waals surface area contributed by atoms with Crippen molar-refractivity contribution in [3.05, 3.63) is 0 Å². The first kappa shape index (κ1) is 44.0. The number of unbranched alkanes of at least 4 members (excludes halogenated alkanes) is 1. The highest BCUT2D eigenvalue weighted by Gasteiger charge is 2.41. The van der Waals surface area contributed by atoms with E-state index in [1.165, 1.54) is 4.90 Å². The molecule has 0 unspecified atom stereocenters. The number of carbonyl (C=O) groups is 6. The standard InChI is InChI=1S/C32H60N10O8/c1-5-19(4)25(41-27(45)21(11-8-14-37-32(35)36)38-26(44)20(34)16-18(2)3)30(48)42-15-9-12-24(42)29(47)40-23(17-43)28(46)39-22(31(49)50)10-6-7-13-33/h18-25,43H,5-17,33-34H2,1-4H3,(H,38,44)(H,39,46)(H,40,47)(H,41,45)(H,49,50)(H4,35,36,37)/t19-,20-,21-,22-,23-,24-,25-/m0/s1. The summed E-state index contributed by atoms with van der Waals surface area (Å²) in [6.45, 7) is 7.40. The molecule has 7 atom stereocenters. The number of nitrogens with one attached hydrogen (secondary N) is 4. The zero-order valence-corrected chi connectivity index (χ0v) is 29.9. The molecule has 0 aliphatic carbocycles. The van der Waals surface area contributed by atoms with Crippen LogP contribution in [0.15, 0.2) is 4.99 Å². The van der Waals surface area contributed by atoms with Crippen molar-refractivity contribution in [1.82, 2.24) is 26.2 Å². The maximum atomic E-state index is 14.0. The number of aliphatic hydroxyl groups is 1. The van der Waals surface area contributed by atoms with Gasteiger partial charge in [0.15, 0.2) is 5.96 Å². The van der Waals surface area contributed by atoms with Crippen LogP contribution in [0.25, 0.3) is 0 Å². The molecule has 0 radical (unpaired) electrons. The number of nitrogens with zero attached hydrogens (tertiary/aromatic N) is 2. The van der Waals surface area contributed by atoms with E-state index in [1.807, 2.05) is 20.8 Å². The Bertz CT molecular complexity index is 1170. The molecule has 0 saturated carbocycles. The van der Waals surface area contributed by atoms with E-state index < -0.39 is 78.4 Å². The number of amides is 5. The molecule has 1 aliphatic rings. The third-order valence-electron chi connectivity index (χ3n) is 8.63. The van der Waals surface area contributed by atoms with E-state index in [4.69, 9.17) is 22.9 Å². The third-order valence-corrected chi connectivity index (χ3v) is 8.63. The normalized spacial score (nSPS) is 17.8. The van der Waals surface area contributed by atoms with Crippen LogP contribution in [-0.2, 0) is 28.8 Å². The van der Waals surface area contributed by atoms with Crippen LogP contribution in [-0.4, -0.2) is 119 Å². The van der Waals surface area contributed by atoms with Gasteiger partial charge in [-0.3, -0.25) is 29.0 Å². The third kappa shape index (κ3) is 14.8. The molecule has 18 nitrogen and oxygen atoms in total. The van der Waals surface area contributed by atoms with E-state index in [2.05, 4.69) is 26.3 Å². The Kier molecular flexibility index (Phi) is 19.9. The lowest BCUT2D eigenvalue weighted by atomic mass is 9.96. The summed E-state index contributed by atoms with van der Waals surface area (Å²) in [5.74, 6) is -4.87. The molecule has 0 aromatic rings. The van der Waals surface area contributed by atoms with Crippen molar-refractivity contribution < 1.29 is 39.0 Å². The SMILES string of the molecule is CC[C@H](C)[C@H](NC(=O)[C@H](CCCN=C(N)N)NC(=O)[C@@H](N)CC(C)C)C(=O)N1CCC[C@H]1C(=O)N[C@@H](CO)C(=O)N[C@@H](CCCCN)C(=O)O. The molecule has 1 aliphatic heterocycles. The van der Waals surface area contributed by atoms with Crippen LogP contribution in [0.5, 0.6) is 0 Å². The van der Waals surface area contributed by atoms with E-state index in [1.54, 1.807) is 6.92 Å². The van der Waals surface area contributed by atoms with Crippen molar-refractivity contribution in [3.8, 4) is 0 Å². The summed E-state index contributed by atoms with van der Waals surface area (Å²) in [6.07, 6.45) is 3.22. The Balaban J connectivity index is 3.14. The molecule has 50 heavy (non-hydrogen) atoms. The van der Waals surface area contributed by atoms with E-state index in [0.717, 1.165) is 0 Å². The molecule has 1 heterocycles. The Morgan fingerprint density at radius 1 is 0.880 bits per heavy atom. The molecule has 1 saturated heterocycles. The number of carbonyl (C=O) groups excluding carboxylic acids is 5. The lowest BCUT2D eigenvalue weighted by Gasteiger charge is -2.33. The van der Waals surface area contributed by atoms with Gasteiger partial charge in [0.1, 0.15) is 30.2 Å². The maximum Gasteiger partial charge on any atom is 0.326 e. The summed E-state index contributed by atoms with van der Waals surface area (Å²) in [5.41, 5.74) is 22.3. The molecule has 0 bridgehead atoms. The molecule has 14 N–H and O–H groups in total. The number of rotatable bonds is 23. The average Bonchev–Trinajstić information content (AvgIpc) is 3.56. The number of aliphatic imine (C=N–C) groups is 1. The molecule has 0 spiro atoms. The van der Waals surface area contributed by atoms with Crippen LogP contribution in [0, 0.1) is 11.8 Å². The van der Waals surface area contributed by atoms with E-state index in [9.17, 15) is 39.0 Å². The summed E-state index contributed by atoms with van der Waals surface area (Å²) in [4.78, 5) is 83.8. The predicted octanol–water partition coefficient (Wildman–Crippen LogP) is -2.40. The number of likely N-dealkylation sites (tertiary alicyclic amines) is 1. The van der Waals surface area contributed by atoms with Crippen LogP contribution in [0.4, 0.5) is 0 Å². The van der Waals surface area contributed by atoms with Crippen molar-refractivity contribution in [2.45, 2.75) is 122 Å². The van der Waals surface area contributed by atoms with Gasteiger partial charge in [0.25, 0.3) is 0 Å². The lowest BCUT2D eigenvalue weighted by Crippen LogP contribution is -2.60. The van der Waals surface area contributed by atoms with Crippen molar-refractivity contribution in [2.24, 2.45) is 39.8 Å². The van der Waals surface area contributed by atoms with Gasteiger partial charge < -0.3 is 59.3 Å². The van der Waals surface area contributed by atoms with Crippen LogP contribution < -0.4 is 44.2 Å². The molecule has 5 amide bonds. The minimum atomic E-state index is -1.47. The van der Waals surface area contributed by atoms with Gasteiger partial charge in [-0.25, -0.2) is 4.79 Å². The Morgan fingerprint density at radius 2 is 1.50 bits per heavy atom. The fraction of sp³-hybridized carbons (Fsp3) is 0.781. The zero-order valence-electron chi connectivity index (χ0n) is 29.9. The number of hydrogen-bond donors (Lipinski definition) is 10. The first-order chi connectivity index (χ1) is 23.6. The van der Waals surface area contributed by atoms with Crippen molar-refractivity contribution >= 4 is 41.5 Å². The Labute approximate surface area is 294 Å². The largest absolute Gasteiger partial charge is 0.480 e. The molecule has 1 fully saturated rings. The highest BCUT2D eigenvalue weighted by molar-refractivity contribution is 5.96. The van der Waals surface area contributed by atoms with Crippen molar-refractivity contribution in [2.75, 3.05) is 26.2 Å². The number of aliphatic carboxylic acids is 1. The smallest absolute Gasteiger partial charge is 0.326 e. The van der Waals surface area contributed by atoms with Crippen LogP contribution >= 0.6 is 0 Å². The van der Waals surface area contributed by atoms with Gasteiger partial charge in [-0.2, -0.15) is 0 Å². The number of carboxylic acids is 1. The second-order valence-corrected chi connectivity index (χ2v) is 13.2. The van der Waals surface area contributed by atoms with Crippen molar-refractivity contribution in [1.29, 1.82) is 0 Å². The fourth-order valence-corrected chi connectivity index (χ4v) is 5.57. The average molecular weight is 713 g/mol. The predicted molar refractivity (Wildman–Crippen MR) is 187 cm³/mol. The zero-order chi connectivity index (χ0) is 38.0. The van der Waals surface area contributed by atoms with Crippen LogP contribution in [0.1, 0.15) is 85.5 Å². The van der Waals surface area contributed by atoms with E-state index in [-0.39, 0.29) is 50.1 Å². The van der Waals surface area contributed by atoms with E-state index >= 15 is 0 Å². The van der Waals surface area contributed by atoms with Gasteiger partial charge in [-0.15, -0.1) is 0 Å². The Morgan fingerprint density at radius 3 is 2.06 bits per heavy atom. The van der Waals surface area contributed by atoms with Gasteiger partial charge in [0.05, 0.1) is 12.6 Å². The number of carboxylic acid groups (broad SMARTS) is 1. The molecular formula is C32H60N10O8. The summed E-state index contributed by atoms with van der Waals surface area (Å²) in [6, 6.07) is -6.70. The van der Waals surface area contributed by atoms with Crippen LogP contribution in [0.2, 0.25) is 0 Å². The quantitative estimate of drug-likeness (QED) is 0.0301. The monoisotopic (exact) mass is 712 g/mol. The minimum absolute atomic E-state index is 0.115. The second-order valence-electron chi connectivity index (χ2n) is 13.2. The fourth-order valence-electron chi connectivity index (χ4n) is 5.57. The first-order valence-corrected chi connectivity index (χ1v) is 17.4. The van der Waals surface area contributed by atoms with Crippen molar-refractivity contribution in [3.63, 3.8) is 0 Å². The highest BCUT2D eigenvalue weighted by atomic mass is 16.4. The van der Waals surface area contributed by atoms with Gasteiger partial charge in [0, 0.05) is 13.1 Å². The van der Waals surface area contributed by atoms with Gasteiger partial charge in [-0.1, -0.05) is 34.1 Å². The molecule has 0 aromatic heterocycles. The lowest BCUT2D eigenvalue weighted by molar-refractivity contribution is -0.144. The van der Waals surface area contributed by atoms with Crippen LogP contribution in [0.3, 0.4) is 0 Å². The van der Waals surface area contributed by atoms with Gasteiger partial charge in [0.2, 0.25) is 29.5 Å². The summed E-state index contributed by atoms with van der Waals surface area (Å²) >= 11 is 0. The molecule has 0 aromatic carbocycles. The number of hydrogen-bond acceptors (Lipinski definition) is 10. The number of aliphatic hydroxyl groups excluding tert-OH is 1. The number of nitrogens with two attached hydrogens (primary N) is 4. The summed E-state index contributed by atoms with van der Waals surface area (Å²) in [5, 5.41) is 29.7. The second kappa shape index (κ2) is 22.6. The first-order valence-electron chi connectivity index (χ1n) is 17.4. The molecular weight excluding hydrogens is 652 g/mol. The molecule has 18 heteroatoms. The highest BCUT2D eigenvalue weighted by Crippen LogP contribution is 2.22.